The minimum atomic E-state index is 0.431. The summed E-state index contributed by atoms with van der Waals surface area (Å²) < 4.78 is 6.11. The van der Waals surface area contributed by atoms with Gasteiger partial charge in [0.25, 0.3) is 0 Å². The molecule has 0 N–H and O–H groups in total. The van der Waals surface area contributed by atoms with Gasteiger partial charge < -0.3 is 14.2 Å². The molecule has 1 unspecified atom stereocenters. The van der Waals surface area contributed by atoms with Crippen LogP contribution >= 0.6 is 0 Å². The van der Waals surface area contributed by atoms with Crippen molar-refractivity contribution in [1.82, 2.24) is 14.9 Å². The van der Waals surface area contributed by atoms with Gasteiger partial charge in [-0.25, -0.2) is 9.97 Å². The van der Waals surface area contributed by atoms with Crippen LogP contribution in [0, 0.1) is 5.92 Å². The summed E-state index contributed by atoms with van der Waals surface area (Å²) in [5.74, 6) is 1.48. The maximum atomic E-state index is 6.11. The lowest BCUT2D eigenvalue weighted by Gasteiger charge is -2.42. The highest BCUT2D eigenvalue weighted by Crippen LogP contribution is 2.34. The zero-order valence-electron chi connectivity index (χ0n) is 13.9. The second-order valence-electron chi connectivity index (χ2n) is 6.74. The van der Waals surface area contributed by atoms with E-state index in [1.165, 1.54) is 0 Å². The first kappa shape index (κ1) is 14.5. The van der Waals surface area contributed by atoms with Crippen molar-refractivity contribution in [1.29, 1.82) is 0 Å². The van der Waals surface area contributed by atoms with E-state index in [0.29, 0.717) is 12.0 Å². The molecule has 3 aromatic rings. The average molecular weight is 310 g/mol. The van der Waals surface area contributed by atoms with Gasteiger partial charge in [0.1, 0.15) is 17.4 Å². The summed E-state index contributed by atoms with van der Waals surface area (Å²) in [6, 6.07) is 8.49. The number of hydrogen-bond acceptors (Lipinski definition) is 5. The van der Waals surface area contributed by atoms with Crippen LogP contribution in [0.2, 0.25) is 0 Å². The van der Waals surface area contributed by atoms with Crippen molar-refractivity contribution in [3.05, 3.63) is 30.6 Å². The van der Waals surface area contributed by atoms with E-state index < -0.39 is 0 Å². The zero-order chi connectivity index (χ0) is 16.0. The number of para-hydroxylation sites is 1. The molecular formula is C18H22N4O. The number of benzene rings is 1. The molecule has 0 spiro atoms. The molecule has 1 saturated heterocycles. The second-order valence-corrected chi connectivity index (χ2v) is 6.74. The third kappa shape index (κ3) is 2.36. The molecule has 1 aromatic carbocycles. The summed E-state index contributed by atoms with van der Waals surface area (Å²) in [6.07, 6.45) is 1.66. The van der Waals surface area contributed by atoms with Gasteiger partial charge in [-0.2, -0.15) is 0 Å². The molecule has 1 fully saturated rings. The number of hydrogen-bond donors (Lipinski definition) is 0. The van der Waals surface area contributed by atoms with Gasteiger partial charge in [-0.1, -0.05) is 26.0 Å². The number of likely N-dealkylation sites (N-methyl/N-ethyl adjacent to an activating group) is 1. The van der Waals surface area contributed by atoms with Crippen molar-refractivity contribution < 1.29 is 4.42 Å². The highest BCUT2D eigenvalue weighted by Gasteiger charge is 2.31. The van der Waals surface area contributed by atoms with Crippen LogP contribution < -0.4 is 4.90 Å². The maximum absolute atomic E-state index is 6.11. The Morgan fingerprint density at radius 3 is 2.83 bits per heavy atom. The monoisotopic (exact) mass is 310 g/mol. The number of fused-ring (bicyclic) bond motifs is 3. The molecule has 0 aliphatic carbocycles. The van der Waals surface area contributed by atoms with Gasteiger partial charge in [0.15, 0.2) is 11.4 Å². The predicted molar refractivity (Wildman–Crippen MR) is 92.8 cm³/mol. The molecule has 5 heteroatoms. The molecule has 1 atom stereocenters. The highest BCUT2D eigenvalue weighted by molar-refractivity contribution is 6.05. The number of anilines is 1. The Morgan fingerprint density at radius 1 is 1.17 bits per heavy atom. The van der Waals surface area contributed by atoms with E-state index in [0.717, 1.165) is 47.5 Å². The van der Waals surface area contributed by atoms with E-state index in [2.05, 4.69) is 46.7 Å². The van der Waals surface area contributed by atoms with Crippen molar-refractivity contribution in [2.45, 2.75) is 19.9 Å². The molecule has 0 radical (unpaired) electrons. The number of rotatable bonds is 2. The average Bonchev–Trinajstić information content (AvgIpc) is 2.93. The highest BCUT2D eigenvalue weighted by atomic mass is 16.3. The van der Waals surface area contributed by atoms with E-state index in [9.17, 15) is 0 Å². The summed E-state index contributed by atoms with van der Waals surface area (Å²) in [7, 11) is 2.18. The van der Waals surface area contributed by atoms with Gasteiger partial charge >= 0.3 is 0 Å². The zero-order valence-corrected chi connectivity index (χ0v) is 13.9. The van der Waals surface area contributed by atoms with Gasteiger partial charge in [0.05, 0.1) is 0 Å². The second kappa shape index (κ2) is 5.49. The molecule has 120 valence electrons. The molecule has 0 saturated carbocycles. The number of furan rings is 1. The first-order chi connectivity index (χ1) is 11.1. The third-order valence-electron chi connectivity index (χ3n) is 4.80. The summed E-state index contributed by atoms with van der Waals surface area (Å²) in [6.45, 7) is 7.59. The van der Waals surface area contributed by atoms with Crippen molar-refractivity contribution in [2.24, 2.45) is 5.92 Å². The van der Waals surface area contributed by atoms with E-state index in [1.54, 1.807) is 6.33 Å². The molecule has 0 amide bonds. The van der Waals surface area contributed by atoms with Gasteiger partial charge in [-0.05, 0) is 25.1 Å². The van der Waals surface area contributed by atoms with Crippen molar-refractivity contribution in [3.8, 4) is 0 Å². The number of aromatic nitrogens is 2. The van der Waals surface area contributed by atoms with Crippen LogP contribution in [-0.4, -0.2) is 47.6 Å². The number of piperazine rings is 1. The fourth-order valence-electron chi connectivity index (χ4n) is 3.50. The van der Waals surface area contributed by atoms with Gasteiger partial charge in [0, 0.05) is 31.1 Å². The molecule has 0 bridgehead atoms. The molecule has 23 heavy (non-hydrogen) atoms. The fourth-order valence-corrected chi connectivity index (χ4v) is 3.50. The van der Waals surface area contributed by atoms with E-state index in [1.807, 2.05) is 18.2 Å². The standard InChI is InChI=1S/C18H22N4O/c1-12(2)14-10-21(3)8-9-22(14)18-17-16(19-11-20-18)13-6-4-5-7-15(13)23-17/h4-7,11-12,14H,8-10H2,1-3H3. The lowest BCUT2D eigenvalue weighted by Crippen LogP contribution is -2.54. The van der Waals surface area contributed by atoms with Gasteiger partial charge in [-0.15, -0.1) is 0 Å². The first-order valence-corrected chi connectivity index (χ1v) is 8.22. The van der Waals surface area contributed by atoms with E-state index in [-0.39, 0.29) is 0 Å². The lowest BCUT2D eigenvalue weighted by atomic mass is 9.99. The smallest absolute Gasteiger partial charge is 0.196 e. The van der Waals surface area contributed by atoms with Crippen molar-refractivity contribution in [3.63, 3.8) is 0 Å². The van der Waals surface area contributed by atoms with Crippen LogP contribution in [-0.2, 0) is 0 Å². The molecule has 4 rings (SSSR count). The van der Waals surface area contributed by atoms with Gasteiger partial charge in [0.2, 0.25) is 0 Å². The molecular weight excluding hydrogens is 288 g/mol. The summed E-state index contributed by atoms with van der Waals surface area (Å²) >= 11 is 0. The Morgan fingerprint density at radius 2 is 2.00 bits per heavy atom. The largest absolute Gasteiger partial charge is 0.450 e. The Kier molecular flexibility index (Phi) is 3.45. The Balaban J connectivity index is 1.87. The van der Waals surface area contributed by atoms with Crippen LogP contribution in [0.1, 0.15) is 13.8 Å². The summed E-state index contributed by atoms with van der Waals surface area (Å²) in [5.41, 5.74) is 2.59. The first-order valence-electron chi connectivity index (χ1n) is 8.22. The molecule has 1 aliphatic heterocycles. The molecule has 1 aliphatic rings. The molecule has 3 heterocycles. The fraction of sp³-hybridized carbons (Fsp3) is 0.444. The Bertz CT molecular complexity index is 841. The minimum absolute atomic E-state index is 0.431. The van der Waals surface area contributed by atoms with Crippen molar-refractivity contribution >= 4 is 27.9 Å². The quantitative estimate of drug-likeness (QED) is 0.727. The van der Waals surface area contributed by atoms with Crippen LogP contribution in [0.3, 0.4) is 0 Å². The van der Waals surface area contributed by atoms with E-state index in [4.69, 9.17) is 4.42 Å². The minimum Gasteiger partial charge on any atom is -0.450 e. The van der Waals surface area contributed by atoms with Crippen molar-refractivity contribution in [2.75, 3.05) is 31.6 Å². The van der Waals surface area contributed by atoms with E-state index >= 15 is 0 Å². The topological polar surface area (TPSA) is 45.4 Å². The third-order valence-corrected chi connectivity index (χ3v) is 4.80. The van der Waals surface area contributed by atoms with Crippen LogP contribution in [0.4, 0.5) is 5.82 Å². The lowest BCUT2D eigenvalue weighted by molar-refractivity contribution is 0.236. The predicted octanol–water partition coefficient (Wildman–Crippen LogP) is 3.15. The SMILES string of the molecule is CC(C)C1CN(C)CCN1c1ncnc2c1oc1ccccc12. The van der Waals surface area contributed by atoms with Gasteiger partial charge in [-0.3, -0.25) is 0 Å². The van der Waals surface area contributed by atoms with Crippen LogP contribution in [0.15, 0.2) is 35.0 Å². The summed E-state index contributed by atoms with van der Waals surface area (Å²) in [4.78, 5) is 13.8. The van der Waals surface area contributed by atoms with Crippen LogP contribution in [0.5, 0.6) is 0 Å². The normalized spacial score (nSPS) is 20.0. The maximum Gasteiger partial charge on any atom is 0.196 e. The van der Waals surface area contributed by atoms with Crippen LogP contribution in [0.25, 0.3) is 22.1 Å². The Labute approximate surface area is 135 Å². The molecule has 5 nitrogen and oxygen atoms in total. The number of nitrogens with zero attached hydrogens (tertiary/aromatic N) is 4. The Hall–Kier alpha value is -2.14. The summed E-state index contributed by atoms with van der Waals surface area (Å²) in [5, 5.41) is 1.06. The molecule has 2 aromatic heterocycles.